The molecular weight excluding hydrogens is 459 g/mol. The van der Waals surface area contributed by atoms with Gasteiger partial charge in [0.05, 0.1) is 5.56 Å². The molecule has 190 valence electrons. The van der Waals surface area contributed by atoms with Crippen LogP contribution in [0.15, 0.2) is 42.0 Å². The monoisotopic (exact) mass is 492 g/mol. The second kappa shape index (κ2) is 11.1. The standard InChI is InChI=1S/C29H33F5O/c1-2-3-4-19-5-7-20(8-6-19)9-10-21-11-16-25-23(17-21)18-26(30)27(28(25)31)22-12-14-24(15-13-22)35-29(32,33)34/h11-15,18-20H,2-10,16-17H2,1H3. The Labute approximate surface area is 204 Å². The van der Waals surface area contributed by atoms with Crippen molar-refractivity contribution in [1.82, 2.24) is 0 Å². The van der Waals surface area contributed by atoms with Gasteiger partial charge in [0.15, 0.2) is 0 Å². The summed E-state index contributed by atoms with van der Waals surface area (Å²) in [5.41, 5.74) is 2.35. The van der Waals surface area contributed by atoms with Crippen LogP contribution in [0.2, 0.25) is 0 Å². The van der Waals surface area contributed by atoms with Gasteiger partial charge in [-0.05, 0) is 72.4 Å². The molecule has 1 fully saturated rings. The molecule has 0 atom stereocenters. The molecule has 0 aliphatic heterocycles. The highest BCUT2D eigenvalue weighted by Gasteiger charge is 2.31. The van der Waals surface area contributed by atoms with Gasteiger partial charge in [-0.3, -0.25) is 0 Å². The Balaban J connectivity index is 1.38. The summed E-state index contributed by atoms with van der Waals surface area (Å²) in [6.45, 7) is 2.24. The number of benzene rings is 2. The Morgan fingerprint density at radius 1 is 0.943 bits per heavy atom. The molecule has 6 heteroatoms. The van der Waals surface area contributed by atoms with Gasteiger partial charge in [-0.25, -0.2) is 8.78 Å². The van der Waals surface area contributed by atoms with E-state index in [4.69, 9.17) is 0 Å². The largest absolute Gasteiger partial charge is 0.573 e. The van der Waals surface area contributed by atoms with Crippen molar-refractivity contribution in [2.45, 2.75) is 83.9 Å². The molecule has 0 bridgehead atoms. The molecule has 1 saturated carbocycles. The van der Waals surface area contributed by atoms with Crippen LogP contribution in [0.1, 0.15) is 75.8 Å². The average molecular weight is 493 g/mol. The lowest BCUT2D eigenvalue weighted by Crippen LogP contribution is -2.17. The van der Waals surface area contributed by atoms with Crippen molar-refractivity contribution >= 4 is 0 Å². The van der Waals surface area contributed by atoms with E-state index in [1.807, 2.05) is 0 Å². The van der Waals surface area contributed by atoms with Gasteiger partial charge in [0, 0.05) is 0 Å². The highest BCUT2D eigenvalue weighted by molar-refractivity contribution is 5.68. The fourth-order valence-corrected chi connectivity index (χ4v) is 5.62. The number of rotatable bonds is 8. The fourth-order valence-electron chi connectivity index (χ4n) is 5.62. The summed E-state index contributed by atoms with van der Waals surface area (Å²) < 4.78 is 71.3. The molecular formula is C29H33F5O. The molecule has 0 aromatic heterocycles. The van der Waals surface area contributed by atoms with Crippen LogP contribution < -0.4 is 4.74 Å². The molecule has 0 unspecified atom stereocenters. The first kappa shape index (κ1) is 25.7. The molecule has 2 aliphatic carbocycles. The van der Waals surface area contributed by atoms with Crippen LogP contribution in [0.25, 0.3) is 11.1 Å². The van der Waals surface area contributed by atoms with Crippen molar-refractivity contribution in [3.63, 3.8) is 0 Å². The first-order chi connectivity index (χ1) is 16.7. The quantitative estimate of drug-likeness (QED) is 0.263. The van der Waals surface area contributed by atoms with Gasteiger partial charge >= 0.3 is 6.36 Å². The lowest BCUT2D eigenvalue weighted by atomic mass is 9.77. The number of allylic oxidation sites excluding steroid dienone is 2. The van der Waals surface area contributed by atoms with E-state index in [1.54, 1.807) is 0 Å². The minimum Gasteiger partial charge on any atom is -0.406 e. The van der Waals surface area contributed by atoms with Crippen molar-refractivity contribution in [2.24, 2.45) is 11.8 Å². The summed E-state index contributed by atoms with van der Waals surface area (Å²) in [5.74, 6) is -0.125. The zero-order valence-corrected chi connectivity index (χ0v) is 20.2. The smallest absolute Gasteiger partial charge is 0.406 e. The van der Waals surface area contributed by atoms with Crippen molar-refractivity contribution in [3.05, 3.63) is 64.7 Å². The Morgan fingerprint density at radius 2 is 1.60 bits per heavy atom. The summed E-state index contributed by atoms with van der Waals surface area (Å²) in [7, 11) is 0. The molecule has 1 nitrogen and oxygen atoms in total. The Hall–Kier alpha value is -2.37. The number of fused-ring (bicyclic) bond motifs is 1. The SMILES string of the molecule is CCCCC1CCC(CCC2=CCc3c(cc(F)c(-c4ccc(OC(F)(F)F)cc4)c3F)C2)CC1. The van der Waals surface area contributed by atoms with Gasteiger partial charge in [0.2, 0.25) is 0 Å². The van der Waals surface area contributed by atoms with Crippen LogP contribution in [0.5, 0.6) is 5.75 Å². The maximum absolute atomic E-state index is 15.3. The van der Waals surface area contributed by atoms with Crippen molar-refractivity contribution < 1.29 is 26.7 Å². The van der Waals surface area contributed by atoms with Crippen LogP contribution in [0.4, 0.5) is 22.0 Å². The average Bonchev–Trinajstić information content (AvgIpc) is 2.82. The van der Waals surface area contributed by atoms with Gasteiger partial charge in [0.1, 0.15) is 17.4 Å². The number of ether oxygens (including phenoxy) is 1. The third-order valence-electron chi connectivity index (χ3n) is 7.61. The normalized spacial score (nSPS) is 20.3. The van der Waals surface area contributed by atoms with Gasteiger partial charge < -0.3 is 4.74 Å². The molecule has 0 N–H and O–H groups in total. The molecule has 0 radical (unpaired) electrons. The maximum Gasteiger partial charge on any atom is 0.573 e. The number of hydrogen-bond acceptors (Lipinski definition) is 1. The Kier molecular flexibility index (Phi) is 8.18. The molecule has 0 spiro atoms. The highest BCUT2D eigenvalue weighted by atomic mass is 19.4. The van der Waals surface area contributed by atoms with Gasteiger partial charge in [-0.1, -0.05) is 75.7 Å². The Morgan fingerprint density at radius 3 is 2.23 bits per heavy atom. The van der Waals surface area contributed by atoms with Gasteiger partial charge in [-0.15, -0.1) is 13.2 Å². The first-order valence-electron chi connectivity index (χ1n) is 12.8. The predicted molar refractivity (Wildman–Crippen MR) is 128 cm³/mol. The molecule has 2 aromatic rings. The lowest BCUT2D eigenvalue weighted by Gasteiger charge is -2.29. The van der Waals surface area contributed by atoms with E-state index in [0.717, 1.165) is 36.8 Å². The van der Waals surface area contributed by atoms with Crippen molar-refractivity contribution in [3.8, 4) is 16.9 Å². The summed E-state index contributed by atoms with van der Waals surface area (Å²) in [5, 5.41) is 0. The number of unbranched alkanes of at least 4 members (excludes halogenated alkanes) is 1. The zero-order chi connectivity index (χ0) is 25.0. The fraction of sp³-hybridized carbons (Fsp3) is 0.517. The minimum absolute atomic E-state index is 0.182. The van der Waals surface area contributed by atoms with Crippen LogP contribution in [-0.2, 0) is 12.8 Å². The van der Waals surface area contributed by atoms with Crippen LogP contribution in [0, 0.1) is 23.5 Å². The van der Waals surface area contributed by atoms with E-state index in [1.165, 1.54) is 68.7 Å². The van der Waals surface area contributed by atoms with Gasteiger partial charge in [0.25, 0.3) is 0 Å². The first-order valence-corrected chi connectivity index (χ1v) is 12.8. The zero-order valence-electron chi connectivity index (χ0n) is 20.2. The maximum atomic E-state index is 15.3. The van der Waals surface area contributed by atoms with E-state index in [0.29, 0.717) is 24.0 Å². The van der Waals surface area contributed by atoms with E-state index in [9.17, 15) is 17.6 Å². The van der Waals surface area contributed by atoms with E-state index in [-0.39, 0.29) is 11.1 Å². The molecule has 0 heterocycles. The number of hydrogen-bond donors (Lipinski definition) is 0. The second-order valence-corrected chi connectivity index (χ2v) is 10.1. The summed E-state index contributed by atoms with van der Waals surface area (Å²) >= 11 is 0. The van der Waals surface area contributed by atoms with Crippen LogP contribution in [-0.4, -0.2) is 6.36 Å². The van der Waals surface area contributed by atoms with E-state index >= 15 is 4.39 Å². The summed E-state index contributed by atoms with van der Waals surface area (Å²) in [4.78, 5) is 0. The van der Waals surface area contributed by atoms with E-state index < -0.39 is 23.7 Å². The molecule has 0 saturated heterocycles. The molecule has 2 aromatic carbocycles. The van der Waals surface area contributed by atoms with Crippen LogP contribution >= 0.6 is 0 Å². The second-order valence-electron chi connectivity index (χ2n) is 10.1. The Bertz CT molecular complexity index is 1030. The molecule has 2 aliphatic rings. The van der Waals surface area contributed by atoms with Crippen molar-refractivity contribution in [1.29, 1.82) is 0 Å². The summed E-state index contributed by atoms with van der Waals surface area (Å²) in [6.07, 6.45) is 9.50. The lowest BCUT2D eigenvalue weighted by molar-refractivity contribution is -0.274. The summed E-state index contributed by atoms with van der Waals surface area (Å²) in [6, 6.07) is 6.01. The molecule has 0 amide bonds. The minimum atomic E-state index is -4.82. The third-order valence-corrected chi connectivity index (χ3v) is 7.61. The van der Waals surface area contributed by atoms with E-state index in [2.05, 4.69) is 17.7 Å². The van der Waals surface area contributed by atoms with Crippen molar-refractivity contribution in [2.75, 3.05) is 0 Å². The predicted octanol–water partition coefficient (Wildman–Crippen LogP) is 9.33. The van der Waals surface area contributed by atoms with Gasteiger partial charge in [-0.2, -0.15) is 0 Å². The molecule has 4 rings (SSSR count). The molecule has 35 heavy (non-hydrogen) atoms. The highest BCUT2D eigenvalue weighted by Crippen LogP contribution is 2.38. The number of alkyl halides is 3. The third kappa shape index (κ3) is 6.65. The van der Waals surface area contributed by atoms with Crippen LogP contribution in [0.3, 0.4) is 0 Å². The topological polar surface area (TPSA) is 9.23 Å². The number of halogens is 5.